The first kappa shape index (κ1) is 11.5. The summed E-state index contributed by atoms with van der Waals surface area (Å²) in [7, 11) is 0. The van der Waals surface area contributed by atoms with Crippen molar-refractivity contribution >= 4 is 5.91 Å². The molecule has 1 fully saturated rings. The van der Waals surface area contributed by atoms with Crippen LogP contribution in [-0.4, -0.2) is 22.2 Å². The van der Waals surface area contributed by atoms with Crippen LogP contribution in [0, 0.1) is 0 Å². The molecule has 14 heavy (non-hydrogen) atoms. The van der Waals surface area contributed by atoms with Gasteiger partial charge in [0, 0.05) is 5.54 Å². The fourth-order valence-corrected chi connectivity index (χ4v) is 1.82. The van der Waals surface area contributed by atoms with Crippen LogP contribution in [0.3, 0.4) is 0 Å². The number of nitrogens with one attached hydrogen (secondary N) is 1. The maximum atomic E-state index is 11.8. The molecule has 0 saturated heterocycles. The Morgan fingerprint density at radius 3 is 2.14 bits per heavy atom. The van der Waals surface area contributed by atoms with Gasteiger partial charge in [0.2, 0.25) is 0 Å². The molecule has 2 N–H and O–H groups in total. The van der Waals surface area contributed by atoms with E-state index < -0.39 is 5.60 Å². The van der Waals surface area contributed by atoms with Crippen molar-refractivity contribution in [1.29, 1.82) is 0 Å². The van der Waals surface area contributed by atoms with E-state index in [1.807, 2.05) is 20.8 Å². The predicted octanol–water partition coefficient (Wildman–Crippen LogP) is 1.60. The van der Waals surface area contributed by atoms with Crippen LogP contribution in [0.2, 0.25) is 0 Å². The molecule has 0 spiro atoms. The van der Waals surface area contributed by atoms with Crippen LogP contribution in [-0.2, 0) is 4.79 Å². The van der Waals surface area contributed by atoms with Crippen molar-refractivity contribution in [2.45, 2.75) is 64.0 Å². The standard InChI is InChI=1S/C11H21NO2/c1-10(2,3)12-9(13)11(14)7-5-4-6-8-11/h14H,4-8H2,1-3H3,(H,12,13). The lowest BCUT2D eigenvalue weighted by Crippen LogP contribution is -2.53. The zero-order chi connectivity index (χ0) is 10.8. The average Bonchev–Trinajstić information content (AvgIpc) is 2.02. The smallest absolute Gasteiger partial charge is 0.252 e. The molecule has 1 aliphatic rings. The van der Waals surface area contributed by atoms with Crippen molar-refractivity contribution in [3.8, 4) is 0 Å². The highest BCUT2D eigenvalue weighted by Crippen LogP contribution is 2.28. The molecule has 0 radical (unpaired) electrons. The van der Waals surface area contributed by atoms with E-state index in [-0.39, 0.29) is 11.4 Å². The Bertz CT molecular complexity index is 212. The van der Waals surface area contributed by atoms with Crippen LogP contribution in [0.25, 0.3) is 0 Å². The van der Waals surface area contributed by atoms with Gasteiger partial charge in [0.05, 0.1) is 0 Å². The van der Waals surface area contributed by atoms with Crippen molar-refractivity contribution in [3.05, 3.63) is 0 Å². The van der Waals surface area contributed by atoms with Gasteiger partial charge in [-0.15, -0.1) is 0 Å². The zero-order valence-electron chi connectivity index (χ0n) is 9.39. The quantitative estimate of drug-likeness (QED) is 0.674. The minimum absolute atomic E-state index is 0.204. The van der Waals surface area contributed by atoms with Gasteiger partial charge in [-0.2, -0.15) is 0 Å². The second-order valence-corrected chi connectivity index (χ2v) is 5.30. The van der Waals surface area contributed by atoms with E-state index in [1.54, 1.807) is 0 Å². The van der Waals surface area contributed by atoms with E-state index in [9.17, 15) is 9.90 Å². The van der Waals surface area contributed by atoms with Gasteiger partial charge < -0.3 is 10.4 Å². The van der Waals surface area contributed by atoms with E-state index in [1.165, 1.54) is 0 Å². The summed E-state index contributed by atoms with van der Waals surface area (Å²) in [4.78, 5) is 11.8. The van der Waals surface area contributed by atoms with Crippen LogP contribution in [0.1, 0.15) is 52.9 Å². The summed E-state index contributed by atoms with van der Waals surface area (Å²) in [6, 6.07) is 0. The van der Waals surface area contributed by atoms with Crippen molar-refractivity contribution in [2.24, 2.45) is 0 Å². The van der Waals surface area contributed by atoms with E-state index in [4.69, 9.17) is 0 Å². The molecule has 0 atom stereocenters. The number of hydrogen-bond donors (Lipinski definition) is 2. The van der Waals surface area contributed by atoms with Gasteiger partial charge in [0.25, 0.3) is 5.91 Å². The number of rotatable bonds is 1. The molecule has 0 aliphatic heterocycles. The first-order chi connectivity index (χ1) is 6.33. The SMILES string of the molecule is CC(C)(C)NC(=O)C1(O)CCCCC1. The number of carbonyl (C=O) groups is 1. The normalized spacial score (nSPS) is 21.7. The van der Waals surface area contributed by atoms with Crippen molar-refractivity contribution in [1.82, 2.24) is 5.32 Å². The third-order valence-electron chi connectivity index (χ3n) is 2.59. The van der Waals surface area contributed by atoms with Gasteiger partial charge >= 0.3 is 0 Å². The summed E-state index contributed by atoms with van der Waals surface area (Å²) in [6.07, 6.45) is 4.25. The Kier molecular flexibility index (Phi) is 3.20. The lowest BCUT2D eigenvalue weighted by molar-refractivity contribution is -0.144. The highest BCUT2D eigenvalue weighted by atomic mass is 16.3. The predicted molar refractivity (Wildman–Crippen MR) is 55.9 cm³/mol. The lowest BCUT2D eigenvalue weighted by atomic mass is 9.83. The Morgan fingerprint density at radius 1 is 1.21 bits per heavy atom. The third-order valence-corrected chi connectivity index (χ3v) is 2.59. The van der Waals surface area contributed by atoms with E-state index >= 15 is 0 Å². The molecule has 0 aromatic rings. The lowest BCUT2D eigenvalue weighted by Gasteiger charge is -2.33. The zero-order valence-corrected chi connectivity index (χ0v) is 9.39. The van der Waals surface area contributed by atoms with Crippen LogP contribution in [0.15, 0.2) is 0 Å². The minimum Gasteiger partial charge on any atom is -0.380 e. The van der Waals surface area contributed by atoms with Crippen molar-refractivity contribution < 1.29 is 9.90 Å². The number of aliphatic hydroxyl groups is 1. The monoisotopic (exact) mass is 199 g/mol. The fraction of sp³-hybridized carbons (Fsp3) is 0.909. The summed E-state index contributed by atoms with van der Waals surface area (Å²) in [5, 5.41) is 12.9. The molecule has 1 rings (SSSR count). The average molecular weight is 199 g/mol. The van der Waals surface area contributed by atoms with E-state index in [0.29, 0.717) is 12.8 Å². The molecule has 0 aromatic carbocycles. The minimum atomic E-state index is -1.11. The molecule has 3 heteroatoms. The van der Waals surface area contributed by atoms with Crippen molar-refractivity contribution in [2.75, 3.05) is 0 Å². The summed E-state index contributed by atoms with van der Waals surface area (Å²) >= 11 is 0. The second kappa shape index (κ2) is 3.89. The largest absolute Gasteiger partial charge is 0.380 e. The first-order valence-corrected chi connectivity index (χ1v) is 5.38. The second-order valence-electron chi connectivity index (χ2n) is 5.30. The van der Waals surface area contributed by atoms with Gasteiger partial charge in [-0.3, -0.25) is 4.79 Å². The molecule has 0 aromatic heterocycles. The molecule has 0 bridgehead atoms. The Hall–Kier alpha value is -0.570. The highest BCUT2D eigenvalue weighted by molar-refractivity contribution is 5.85. The molecule has 1 amide bonds. The maximum absolute atomic E-state index is 11.8. The number of carbonyl (C=O) groups excluding carboxylic acids is 1. The summed E-state index contributed by atoms with van der Waals surface area (Å²) in [5.41, 5.74) is -1.37. The fourth-order valence-electron chi connectivity index (χ4n) is 1.82. The number of hydrogen-bond acceptors (Lipinski definition) is 2. The van der Waals surface area contributed by atoms with Gasteiger partial charge in [0.15, 0.2) is 0 Å². The van der Waals surface area contributed by atoms with Gasteiger partial charge in [-0.1, -0.05) is 19.3 Å². The van der Waals surface area contributed by atoms with Crippen LogP contribution in [0.4, 0.5) is 0 Å². The van der Waals surface area contributed by atoms with Crippen molar-refractivity contribution in [3.63, 3.8) is 0 Å². The van der Waals surface area contributed by atoms with Gasteiger partial charge in [-0.25, -0.2) is 0 Å². The summed E-state index contributed by atoms with van der Waals surface area (Å²) in [6.45, 7) is 5.78. The van der Waals surface area contributed by atoms with Crippen LogP contribution < -0.4 is 5.32 Å². The molecule has 1 saturated carbocycles. The Morgan fingerprint density at radius 2 is 1.71 bits per heavy atom. The van der Waals surface area contributed by atoms with Gasteiger partial charge in [-0.05, 0) is 33.6 Å². The number of amides is 1. The first-order valence-electron chi connectivity index (χ1n) is 5.38. The van der Waals surface area contributed by atoms with Crippen LogP contribution in [0.5, 0.6) is 0 Å². The van der Waals surface area contributed by atoms with E-state index in [2.05, 4.69) is 5.32 Å². The molecular formula is C11H21NO2. The molecule has 0 heterocycles. The summed E-state index contributed by atoms with van der Waals surface area (Å²) < 4.78 is 0. The third kappa shape index (κ3) is 2.98. The molecular weight excluding hydrogens is 178 g/mol. The Balaban J connectivity index is 2.58. The maximum Gasteiger partial charge on any atom is 0.252 e. The molecule has 3 nitrogen and oxygen atoms in total. The van der Waals surface area contributed by atoms with Gasteiger partial charge in [0.1, 0.15) is 5.60 Å². The highest BCUT2D eigenvalue weighted by Gasteiger charge is 2.38. The molecule has 82 valence electrons. The molecule has 0 unspecified atom stereocenters. The van der Waals surface area contributed by atoms with E-state index in [0.717, 1.165) is 19.3 Å². The van der Waals surface area contributed by atoms with Crippen LogP contribution >= 0.6 is 0 Å². The topological polar surface area (TPSA) is 49.3 Å². The Labute approximate surface area is 85.9 Å². The summed E-state index contributed by atoms with van der Waals surface area (Å²) in [5.74, 6) is -0.204. The molecule has 1 aliphatic carbocycles.